The second-order valence-electron chi connectivity index (χ2n) is 5.86. The van der Waals surface area contributed by atoms with Crippen LogP contribution in [0.2, 0.25) is 0 Å². The minimum atomic E-state index is -3.56. The van der Waals surface area contributed by atoms with E-state index in [1.165, 1.54) is 0 Å². The third-order valence-electron chi connectivity index (χ3n) is 3.78. The van der Waals surface area contributed by atoms with Crippen molar-refractivity contribution in [2.24, 2.45) is 0 Å². The Morgan fingerprint density at radius 2 is 1.72 bits per heavy atom. The molecule has 1 amide bonds. The number of nitrogens with zero attached hydrogens (tertiary/aromatic N) is 1. The molecule has 0 radical (unpaired) electrons. The van der Waals surface area contributed by atoms with Crippen LogP contribution in [0.15, 0.2) is 59.1 Å². The van der Waals surface area contributed by atoms with Gasteiger partial charge in [0, 0.05) is 11.0 Å². The first-order chi connectivity index (χ1) is 11.8. The first-order valence-corrected chi connectivity index (χ1v) is 10.5. The highest BCUT2D eigenvalue weighted by atomic mass is 79.9. The third-order valence-corrected chi connectivity index (χ3v) is 5.45. The fourth-order valence-corrected chi connectivity index (χ4v) is 3.48. The fraction of sp³-hybridized carbons (Fsp3) is 0.278. The van der Waals surface area contributed by atoms with Crippen LogP contribution < -0.4 is 9.62 Å². The van der Waals surface area contributed by atoms with E-state index < -0.39 is 10.0 Å². The molecule has 0 saturated heterocycles. The van der Waals surface area contributed by atoms with Gasteiger partial charge in [-0.05, 0) is 35.7 Å². The molecular weight excluding hydrogens is 404 g/mol. The molecule has 0 saturated carbocycles. The molecule has 0 aliphatic rings. The Bertz CT molecular complexity index is 808. The zero-order valence-electron chi connectivity index (χ0n) is 14.1. The Morgan fingerprint density at radius 3 is 2.28 bits per heavy atom. The van der Waals surface area contributed by atoms with E-state index in [0.29, 0.717) is 12.2 Å². The normalized spacial score (nSPS) is 12.4. The van der Waals surface area contributed by atoms with Gasteiger partial charge in [0.1, 0.15) is 6.54 Å². The molecule has 2 aromatic carbocycles. The van der Waals surface area contributed by atoms with Crippen LogP contribution in [0, 0.1) is 0 Å². The number of halogens is 1. The van der Waals surface area contributed by atoms with E-state index in [1.54, 1.807) is 24.3 Å². The fourth-order valence-electron chi connectivity index (χ4n) is 2.36. The molecule has 1 atom stereocenters. The lowest BCUT2D eigenvalue weighted by Gasteiger charge is -2.22. The van der Waals surface area contributed by atoms with Gasteiger partial charge in [-0.1, -0.05) is 53.2 Å². The van der Waals surface area contributed by atoms with E-state index in [4.69, 9.17) is 0 Å². The van der Waals surface area contributed by atoms with Crippen LogP contribution in [0.1, 0.15) is 18.4 Å². The van der Waals surface area contributed by atoms with Crippen molar-refractivity contribution in [3.05, 3.63) is 64.6 Å². The average molecular weight is 425 g/mol. The second-order valence-corrected chi connectivity index (χ2v) is 8.68. The Morgan fingerprint density at radius 1 is 1.12 bits per heavy atom. The maximum Gasteiger partial charge on any atom is 0.240 e. The number of rotatable bonds is 7. The quantitative estimate of drug-likeness (QED) is 0.741. The number of sulfonamides is 1. The zero-order chi connectivity index (χ0) is 18.4. The molecule has 25 heavy (non-hydrogen) atoms. The van der Waals surface area contributed by atoms with E-state index >= 15 is 0 Å². The standard InChI is InChI=1S/C18H21BrN2O3S/c1-14(15-6-4-3-5-7-15)12-20-18(22)13-21(25(2,23)24)17-10-8-16(19)9-11-17/h3-11,14H,12-13H2,1-2H3,(H,20,22). The van der Waals surface area contributed by atoms with Gasteiger partial charge in [0.2, 0.25) is 15.9 Å². The lowest BCUT2D eigenvalue weighted by Crippen LogP contribution is -2.41. The predicted octanol–water partition coefficient (Wildman–Crippen LogP) is 3.14. The highest BCUT2D eigenvalue weighted by Gasteiger charge is 2.21. The van der Waals surface area contributed by atoms with Crippen LogP contribution in [-0.2, 0) is 14.8 Å². The van der Waals surface area contributed by atoms with E-state index in [1.807, 2.05) is 37.3 Å². The summed E-state index contributed by atoms with van der Waals surface area (Å²) in [7, 11) is -3.56. The summed E-state index contributed by atoms with van der Waals surface area (Å²) in [5, 5.41) is 2.81. The van der Waals surface area contributed by atoms with Crippen LogP contribution in [0.5, 0.6) is 0 Å². The molecule has 7 heteroatoms. The maximum absolute atomic E-state index is 12.2. The van der Waals surface area contributed by atoms with Gasteiger partial charge < -0.3 is 5.32 Å². The molecule has 0 spiro atoms. The Balaban J connectivity index is 2.01. The first kappa shape index (κ1) is 19.5. The molecule has 1 unspecified atom stereocenters. The predicted molar refractivity (Wildman–Crippen MR) is 104 cm³/mol. The van der Waals surface area contributed by atoms with Gasteiger partial charge in [-0.25, -0.2) is 8.42 Å². The van der Waals surface area contributed by atoms with Crippen LogP contribution in [0.3, 0.4) is 0 Å². The summed E-state index contributed by atoms with van der Waals surface area (Å²) in [5.41, 5.74) is 1.58. The molecule has 2 aromatic rings. The van der Waals surface area contributed by atoms with Crippen LogP contribution >= 0.6 is 15.9 Å². The molecule has 2 rings (SSSR count). The average Bonchev–Trinajstić information content (AvgIpc) is 2.58. The summed E-state index contributed by atoms with van der Waals surface area (Å²) in [6, 6.07) is 16.6. The van der Waals surface area contributed by atoms with Crippen molar-refractivity contribution in [3.8, 4) is 0 Å². The van der Waals surface area contributed by atoms with Gasteiger partial charge in [-0.15, -0.1) is 0 Å². The molecule has 0 aliphatic heterocycles. The molecule has 1 N–H and O–H groups in total. The number of anilines is 1. The summed E-state index contributed by atoms with van der Waals surface area (Å²) in [4.78, 5) is 12.2. The minimum Gasteiger partial charge on any atom is -0.354 e. The van der Waals surface area contributed by atoms with Crippen molar-refractivity contribution in [3.63, 3.8) is 0 Å². The number of carbonyl (C=O) groups is 1. The van der Waals surface area contributed by atoms with Gasteiger partial charge in [0.15, 0.2) is 0 Å². The highest BCUT2D eigenvalue weighted by molar-refractivity contribution is 9.10. The third kappa shape index (κ3) is 5.86. The lowest BCUT2D eigenvalue weighted by atomic mass is 10.0. The van der Waals surface area contributed by atoms with E-state index in [2.05, 4.69) is 21.2 Å². The van der Waals surface area contributed by atoms with Gasteiger partial charge in [-0.3, -0.25) is 9.10 Å². The molecule has 5 nitrogen and oxygen atoms in total. The van der Waals surface area contributed by atoms with Crippen LogP contribution in [-0.4, -0.2) is 33.7 Å². The second kappa shape index (κ2) is 8.49. The molecular formula is C18H21BrN2O3S. The number of benzene rings is 2. The van der Waals surface area contributed by atoms with Gasteiger partial charge >= 0.3 is 0 Å². The SMILES string of the molecule is CC(CNC(=O)CN(c1ccc(Br)cc1)S(C)(=O)=O)c1ccccc1. The summed E-state index contributed by atoms with van der Waals surface area (Å²) in [5.74, 6) is -0.194. The lowest BCUT2D eigenvalue weighted by molar-refractivity contribution is -0.119. The molecule has 0 aliphatic carbocycles. The molecule has 0 bridgehead atoms. The topological polar surface area (TPSA) is 66.5 Å². The molecule has 0 heterocycles. The molecule has 134 valence electrons. The minimum absolute atomic E-state index is 0.143. The highest BCUT2D eigenvalue weighted by Crippen LogP contribution is 2.20. The first-order valence-electron chi connectivity index (χ1n) is 7.82. The number of hydrogen-bond donors (Lipinski definition) is 1. The number of hydrogen-bond acceptors (Lipinski definition) is 3. The van der Waals surface area contributed by atoms with Crippen molar-refractivity contribution in [2.45, 2.75) is 12.8 Å². The Labute approximate surface area is 157 Å². The van der Waals surface area contributed by atoms with Crippen molar-refractivity contribution in [1.82, 2.24) is 5.32 Å². The summed E-state index contributed by atoms with van der Waals surface area (Å²) < 4.78 is 26.0. The van der Waals surface area contributed by atoms with Crippen molar-refractivity contribution < 1.29 is 13.2 Å². The van der Waals surface area contributed by atoms with E-state index in [9.17, 15) is 13.2 Å². The smallest absolute Gasteiger partial charge is 0.240 e. The van der Waals surface area contributed by atoms with Crippen molar-refractivity contribution >= 4 is 37.5 Å². The monoisotopic (exact) mass is 424 g/mol. The van der Waals surface area contributed by atoms with E-state index in [-0.39, 0.29) is 18.4 Å². The van der Waals surface area contributed by atoms with Gasteiger partial charge in [0.25, 0.3) is 0 Å². The maximum atomic E-state index is 12.2. The Hall–Kier alpha value is -1.86. The zero-order valence-corrected chi connectivity index (χ0v) is 16.5. The van der Waals surface area contributed by atoms with Crippen LogP contribution in [0.4, 0.5) is 5.69 Å². The molecule has 0 fully saturated rings. The van der Waals surface area contributed by atoms with Gasteiger partial charge in [-0.2, -0.15) is 0 Å². The van der Waals surface area contributed by atoms with E-state index in [0.717, 1.165) is 20.6 Å². The number of carbonyl (C=O) groups excluding carboxylic acids is 1. The summed E-state index contributed by atoms with van der Waals surface area (Å²) in [6.07, 6.45) is 1.09. The van der Waals surface area contributed by atoms with Crippen LogP contribution in [0.25, 0.3) is 0 Å². The Kier molecular flexibility index (Phi) is 6.61. The number of amides is 1. The van der Waals surface area contributed by atoms with Crippen molar-refractivity contribution in [1.29, 1.82) is 0 Å². The largest absolute Gasteiger partial charge is 0.354 e. The number of nitrogens with one attached hydrogen (secondary N) is 1. The molecule has 0 aromatic heterocycles. The summed E-state index contributed by atoms with van der Waals surface area (Å²) in [6.45, 7) is 2.21. The van der Waals surface area contributed by atoms with Crippen molar-refractivity contribution in [2.75, 3.05) is 23.7 Å². The summed E-state index contributed by atoms with van der Waals surface area (Å²) >= 11 is 3.31. The van der Waals surface area contributed by atoms with Gasteiger partial charge in [0.05, 0.1) is 11.9 Å².